The molecule has 2 fully saturated rings. The molecule has 0 bridgehead atoms. The van der Waals surface area contributed by atoms with Gasteiger partial charge in [-0.3, -0.25) is 13.9 Å². The highest BCUT2D eigenvalue weighted by molar-refractivity contribution is 7.93. The summed E-state index contributed by atoms with van der Waals surface area (Å²) in [5.41, 5.74) is 2.00. The summed E-state index contributed by atoms with van der Waals surface area (Å²) in [5, 5.41) is 5.36. The van der Waals surface area contributed by atoms with E-state index in [-0.39, 0.29) is 23.5 Å². The van der Waals surface area contributed by atoms with E-state index in [4.69, 9.17) is 0 Å². The Hall–Kier alpha value is -2.46. The lowest BCUT2D eigenvalue weighted by atomic mass is 9.95. The van der Waals surface area contributed by atoms with Gasteiger partial charge >= 0.3 is 0 Å². The average molecular weight is 449 g/mol. The maximum absolute atomic E-state index is 12.8. The van der Waals surface area contributed by atoms with Gasteiger partial charge in [-0.15, -0.1) is 11.3 Å². The number of hydrogen-bond donors (Lipinski definition) is 1. The van der Waals surface area contributed by atoms with Crippen molar-refractivity contribution in [1.29, 1.82) is 0 Å². The molecule has 2 aliphatic rings. The topological polar surface area (TPSA) is 99.7 Å². The number of benzene rings is 1. The predicted octanol–water partition coefficient (Wildman–Crippen LogP) is 2.48. The van der Waals surface area contributed by atoms with Gasteiger partial charge in [0.15, 0.2) is 5.13 Å². The Balaban J connectivity index is 1.33. The minimum atomic E-state index is -3.23. The van der Waals surface area contributed by atoms with E-state index in [1.807, 2.05) is 12.3 Å². The molecule has 2 aliphatic heterocycles. The third-order valence-corrected chi connectivity index (χ3v) is 8.25. The number of thiazole rings is 1. The van der Waals surface area contributed by atoms with E-state index in [0.717, 1.165) is 5.69 Å². The zero-order chi connectivity index (χ0) is 21.3. The van der Waals surface area contributed by atoms with E-state index < -0.39 is 10.0 Å². The molecule has 2 aromatic rings. The molecular formula is C20H24N4O4S2. The van der Waals surface area contributed by atoms with E-state index in [9.17, 15) is 18.0 Å². The number of amides is 2. The number of nitrogens with one attached hydrogen (secondary N) is 1. The Morgan fingerprint density at radius 2 is 1.83 bits per heavy atom. The van der Waals surface area contributed by atoms with Crippen molar-refractivity contribution in [3.05, 3.63) is 40.9 Å². The van der Waals surface area contributed by atoms with Gasteiger partial charge < -0.3 is 10.2 Å². The number of likely N-dealkylation sites (tertiary alicyclic amines) is 1. The number of rotatable bonds is 4. The quantitative estimate of drug-likeness (QED) is 0.775. The summed E-state index contributed by atoms with van der Waals surface area (Å²) in [4.78, 5) is 31.3. The van der Waals surface area contributed by atoms with Crippen LogP contribution in [0.25, 0.3) is 0 Å². The second kappa shape index (κ2) is 8.35. The van der Waals surface area contributed by atoms with Crippen LogP contribution in [-0.2, 0) is 14.8 Å². The molecule has 10 heteroatoms. The van der Waals surface area contributed by atoms with Crippen LogP contribution >= 0.6 is 11.3 Å². The SMILES string of the molecule is Cc1csc(NC(=O)C2CCN(C(=O)c3ccc(N4CCCS4(=O)=O)cc3)CC2)n1. The van der Waals surface area contributed by atoms with Crippen molar-refractivity contribution in [2.24, 2.45) is 5.92 Å². The molecule has 2 saturated heterocycles. The molecular weight excluding hydrogens is 424 g/mol. The molecule has 0 unspecified atom stereocenters. The fraction of sp³-hybridized carbons (Fsp3) is 0.450. The van der Waals surface area contributed by atoms with Crippen molar-refractivity contribution in [1.82, 2.24) is 9.88 Å². The van der Waals surface area contributed by atoms with E-state index >= 15 is 0 Å². The lowest BCUT2D eigenvalue weighted by molar-refractivity contribution is -0.121. The molecule has 0 spiro atoms. The molecule has 0 radical (unpaired) electrons. The third-order valence-electron chi connectivity index (χ3n) is 5.50. The third kappa shape index (κ3) is 4.34. The van der Waals surface area contributed by atoms with Gasteiger partial charge in [0.25, 0.3) is 5.91 Å². The summed E-state index contributed by atoms with van der Waals surface area (Å²) < 4.78 is 25.5. The molecule has 0 saturated carbocycles. The molecule has 0 aliphatic carbocycles. The number of carbonyl (C=O) groups excluding carboxylic acids is 2. The first kappa shape index (κ1) is 20.8. The van der Waals surface area contributed by atoms with Crippen molar-refractivity contribution in [3.63, 3.8) is 0 Å². The van der Waals surface area contributed by atoms with E-state index in [1.54, 1.807) is 29.2 Å². The Kier molecular flexibility index (Phi) is 5.79. The number of nitrogens with zero attached hydrogens (tertiary/aromatic N) is 3. The highest BCUT2D eigenvalue weighted by Crippen LogP contribution is 2.26. The van der Waals surface area contributed by atoms with Crippen molar-refractivity contribution < 1.29 is 18.0 Å². The zero-order valence-electron chi connectivity index (χ0n) is 16.7. The number of hydrogen-bond acceptors (Lipinski definition) is 6. The van der Waals surface area contributed by atoms with Crippen molar-refractivity contribution in [2.75, 3.05) is 35.0 Å². The first-order valence-electron chi connectivity index (χ1n) is 9.96. The Labute approximate surface area is 180 Å². The molecule has 8 nitrogen and oxygen atoms in total. The number of anilines is 2. The molecule has 4 rings (SSSR count). The highest BCUT2D eigenvalue weighted by atomic mass is 32.2. The van der Waals surface area contributed by atoms with Gasteiger partial charge in [0, 0.05) is 36.5 Å². The van der Waals surface area contributed by atoms with Gasteiger partial charge in [0.1, 0.15) is 0 Å². The maximum atomic E-state index is 12.8. The van der Waals surface area contributed by atoms with Crippen LogP contribution in [0.2, 0.25) is 0 Å². The summed E-state index contributed by atoms with van der Waals surface area (Å²) in [6.45, 7) is 3.38. The lowest BCUT2D eigenvalue weighted by Crippen LogP contribution is -2.41. The van der Waals surface area contributed by atoms with Gasteiger partial charge in [0.05, 0.1) is 17.1 Å². The van der Waals surface area contributed by atoms with Crippen LogP contribution < -0.4 is 9.62 Å². The number of carbonyl (C=O) groups is 2. The fourth-order valence-corrected chi connectivity index (χ4v) is 6.10. The molecule has 160 valence electrons. The van der Waals surface area contributed by atoms with Gasteiger partial charge in [-0.2, -0.15) is 0 Å². The van der Waals surface area contributed by atoms with Gasteiger partial charge in [-0.1, -0.05) is 0 Å². The highest BCUT2D eigenvalue weighted by Gasteiger charge is 2.30. The number of sulfonamides is 1. The number of aromatic nitrogens is 1. The second-order valence-corrected chi connectivity index (χ2v) is 10.5. The smallest absolute Gasteiger partial charge is 0.253 e. The molecule has 1 N–H and O–H groups in total. The first-order chi connectivity index (χ1) is 14.3. The molecule has 3 heterocycles. The number of piperidine rings is 1. The summed E-state index contributed by atoms with van der Waals surface area (Å²) in [6.07, 6.45) is 1.83. The first-order valence-corrected chi connectivity index (χ1v) is 12.4. The molecule has 1 aromatic heterocycles. The molecule has 30 heavy (non-hydrogen) atoms. The number of aryl methyl sites for hydroxylation is 1. The Morgan fingerprint density at radius 1 is 1.13 bits per heavy atom. The maximum Gasteiger partial charge on any atom is 0.253 e. The lowest BCUT2D eigenvalue weighted by Gasteiger charge is -2.31. The van der Waals surface area contributed by atoms with Crippen LogP contribution in [0.4, 0.5) is 10.8 Å². The summed E-state index contributed by atoms with van der Waals surface area (Å²) in [7, 11) is -3.23. The standard InChI is InChI=1S/C20H24N4O4S2/c1-14-13-29-20(21-14)22-18(25)15-7-10-23(11-8-15)19(26)16-3-5-17(6-4-16)24-9-2-12-30(24,27)28/h3-6,13,15H,2,7-12H2,1H3,(H,21,22,25). The van der Waals surface area contributed by atoms with E-state index in [1.165, 1.54) is 15.6 Å². The second-order valence-electron chi connectivity index (χ2n) is 7.64. The van der Waals surface area contributed by atoms with Crippen molar-refractivity contribution in [2.45, 2.75) is 26.2 Å². The molecule has 0 atom stereocenters. The zero-order valence-corrected chi connectivity index (χ0v) is 18.3. The van der Waals surface area contributed by atoms with Gasteiger partial charge in [-0.25, -0.2) is 13.4 Å². The van der Waals surface area contributed by atoms with Gasteiger partial charge in [0.2, 0.25) is 15.9 Å². The van der Waals surface area contributed by atoms with Crippen LogP contribution in [0.1, 0.15) is 35.3 Å². The summed E-state index contributed by atoms with van der Waals surface area (Å²) in [6, 6.07) is 6.73. The van der Waals surface area contributed by atoms with Gasteiger partial charge in [-0.05, 0) is 50.5 Å². The minimum absolute atomic E-state index is 0.0485. The predicted molar refractivity (Wildman–Crippen MR) is 116 cm³/mol. The summed E-state index contributed by atoms with van der Waals surface area (Å²) >= 11 is 1.41. The average Bonchev–Trinajstić information content (AvgIpc) is 3.31. The van der Waals surface area contributed by atoms with Crippen LogP contribution in [-0.4, -0.2) is 55.5 Å². The van der Waals surface area contributed by atoms with Crippen LogP contribution in [0.5, 0.6) is 0 Å². The Bertz CT molecular complexity index is 1040. The van der Waals surface area contributed by atoms with Crippen LogP contribution in [0, 0.1) is 12.8 Å². The monoisotopic (exact) mass is 448 g/mol. The normalized spacial score (nSPS) is 19.1. The molecule has 2 amide bonds. The summed E-state index contributed by atoms with van der Waals surface area (Å²) in [5.74, 6) is -0.118. The largest absolute Gasteiger partial charge is 0.339 e. The fourth-order valence-electron chi connectivity index (χ4n) is 3.85. The minimum Gasteiger partial charge on any atom is -0.339 e. The van der Waals surface area contributed by atoms with Crippen LogP contribution in [0.15, 0.2) is 29.6 Å². The van der Waals surface area contributed by atoms with E-state index in [0.29, 0.717) is 55.3 Å². The van der Waals surface area contributed by atoms with Crippen LogP contribution in [0.3, 0.4) is 0 Å². The Morgan fingerprint density at radius 3 is 2.40 bits per heavy atom. The van der Waals surface area contributed by atoms with Crippen molar-refractivity contribution in [3.8, 4) is 0 Å². The van der Waals surface area contributed by atoms with Crippen molar-refractivity contribution >= 4 is 44.0 Å². The molecule has 1 aromatic carbocycles. The van der Waals surface area contributed by atoms with E-state index in [2.05, 4.69) is 10.3 Å².